The van der Waals surface area contributed by atoms with Gasteiger partial charge < -0.3 is 18.9 Å². The molecular formula is C27H23BrO7. The van der Waals surface area contributed by atoms with Crippen LogP contribution in [0.25, 0.3) is 0 Å². The van der Waals surface area contributed by atoms with Crippen LogP contribution in [-0.4, -0.2) is 47.8 Å². The minimum atomic E-state index is -1.01. The highest BCUT2D eigenvalue weighted by Crippen LogP contribution is 2.30. The molecule has 1 heterocycles. The molecule has 0 aromatic heterocycles. The molecule has 1 aliphatic rings. The lowest BCUT2D eigenvalue weighted by Gasteiger charge is -2.38. The van der Waals surface area contributed by atoms with Crippen molar-refractivity contribution in [2.45, 2.75) is 29.7 Å². The van der Waals surface area contributed by atoms with Crippen LogP contribution >= 0.6 is 15.9 Å². The maximum Gasteiger partial charge on any atom is 0.338 e. The summed E-state index contributed by atoms with van der Waals surface area (Å²) in [6.45, 7) is -0.206. The van der Waals surface area contributed by atoms with E-state index in [2.05, 4.69) is 15.9 Å². The van der Waals surface area contributed by atoms with E-state index in [-0.39, 0.29) is 13.0 Å². The van der Waals surface area contributed by atoms with Gasteiger partial charge in [-0.2, -0.15) is 0 Å². The summed E-state index contributed by atoms with van der Waals surface area (Å²) in [4.78, 5) is 38.1. The molecule has 8 heteroatoms. The van der Waals surface area contributed by atoms with Crippen LogP contribution in [0.1, 0.15) is 37.5 Å². The van der Waals surface area contributed by atoms with Crippen molar-refractivity contribution in [3.63, 3.8) is 0 Å². The molecule has 1 saturated heterocycles. The first kappa shape index (κ1) is 24.6. The van der Waals surface area contributed by atoms with Crippen LogP contribution in [0.4, 0.5) is 0 Å². The Balaban J connectivity index is 1.53. The van der Waals surface area contributed by atoms with E-state index in [0.717, 1.165) is 0 Å². The van der Waals surface area contributed by atoms with Gasteiger partial charge in [-0.15, -0.1) is 0 Å². The molecule has 0 bridgehead atoms. The van der Waals surface area contributed by atoms with Gasteiger partial charge in [-0.25, -0.2) is 14.4 Å². The predicted molar refractivity (Wildman–Crippen MR) is 130 cm³/mol. The Bertz CT molecular complexity index is 1140. The number of rotatable bonds is 7. The lowest BCUT2D eigenvalue weighted by atomic mass is 10.0. The maximum atomic E-state index is 12.9. The molecule has 3 aromatic carbocycles. The number of hydrogen-bond acceptors (Lipinski definition) is 7. The molecule has 0 aliphatic carbocycles. The van der Waals surface area contributed by atoms with Crippen molar-refractivity contribution in [1.82, 2.24) is 0 Å². The summed E-state index contributed by atoms with van der Waals surface area (Å²) in [7, 11) is 0. The first-order valence-electron chi connectivity index (χ1n) is 11.0. The number of hydrogen-bond donors (Lipinski definition) is 0. The van der Waals surface area contributed by atoms with Crippen LogP contribution in [0.3, 0.4) is 0 Å². The van der Waals surface area contributed by atoms with Gasteiger partial charge in [0.2, 0.25) is 0 Å². The quantitative estimate of drug-likeness (QED) is 0.242. The largest absolute Gasteiger partial charge is 0.459 e. The van der Waals surface area contributed by atoms with Crippen LogP contribution in [0, 0.1) is 0 Å². The van der Waals surface area contributed by atoms with Gasteiger partial charge in [-0.1, -0.05) is 70.5 Å². The molecule has 3 aromatic rings. The second kappa shape index (κ2) is 11.8. The average molecular weight is 539 g/mol. The van der Waals surface area contributed by atoms with Crippen molar-refractivity contribution in [2.24, 2.45) is 0 Å². The SMILES string of the molecule is O=C(OC[C@H]1O[C@H](Br)C[C@@H](OC(=O)c2ccccc2)[C@@H]1OC(=O)c1ccccc1)c1ccccc1. The van der Waals surface area contributed by atoms with Gasteiger partial charge >= 0.3 is 17.9 Å². The number of benzene rings is 3. The third-order valence-corrected chi connectivity index (χ3v) is 5.97. The summed E-state index contributed by atoms with van der Waals surface area (Å²) < 4.78 is 22.9. The molecule has 0 N–H and O–H groups in total. The highest BCUT2D eigenvalue weighted by Gasteiger charge is 2.44. The van der Waals surface area contributed by atoms with E-state index in [1.54, 1.807) is 91.0 Å². The molecule has 0 radical (unpaired) electrons. The molecule has 0 amide bonds. The lowest BCUT2D eigenvalue weighted by molar-refractivity contribution is -0.160. The molecule has 4 atom stereocenters. The molecule has 1 fully saturated rings. The van der Waals surface area contributed by atoms with E-state index in [1.807, 2.05) is 0 Å². The molecule has 35 heavy (non-hydrogen) atoms. The smallest absolute Gasteiger partial charge is 0.338 e. The van der Waals surface area contributed by atoms with Gasteiger partial charge in [-0.3, -0.25) is 0 Å². The first-order chi connectivity index (χ1) is 17.0. The number of ether oxygens (including phenoxy) is 4. The molecular weight excluding hydrogens is 516 g/mol. The topological polar surface area (TPSA) is 88.1 Å². The molecule has 0 unspecified atom stereocenters. The third-order valence-electron chi connectivity index (χ3n) is 5.38. The zero-order valence-corrected chi connectivity index (χ0v) is 20.2. The molecule has 1 aliphatic heterocycles. The molecule has 0 spiro atoms. The predicted octanol–water partition coefficient (Wildman–Crippen LogP) is 4.80. The number of alkyl halides is 1. The second-order valence-corrected chi connectivity index (χ2v) is 8.85. The average Bonchev–Trinajstić information content (AvgIpc) is 2.90. The number of carbonyl (C=O) groups excluding carboxylic acids is 3. The summed E-state index contributed by atoms with van der Waals surface area (Å²) in [6, 6.07) is 25.5. The van der Waals surface area contributed by atoms with Crippen molar-refractivity contribution < 1.29 is 33.3 Å². The normalized spacial score (nSPS) is 21.5. The molecule has 7 nitrogen and oxygen atoms in total. The minimum absolute atomic E-state index is 0.206. The second-order valence-electron chi connectivity index (χ2n) is 7.83. The van der Waals surface area contributed by atoms with E-state index in [0.29, 0.717) is 16.7 Å². The Labute approximate surface area is 211 Å². The van der Waals surface area contributed by atoms with Crippen LogP contribution < -0.4 is 0 Å². The van der Waals surface area contributed by atoms with E-state index in [4.69, 9.17) is 18.9 Å². The van der Waals surface area contributed by atoms with Crippen molar-refractivity contribution in [3.8, 4) is 0 Å². The highest BCUT2D eigenvalue weighted by molar-refractivity contribution is 9.09. The molecule has 4 rings (SSSR count). The van der Waals surface area contributed by atoms with Gasteiger partial charge in [0.05, 0.1) is 16.7 Å². The van der Waals surface area contributed by atoms with Gasteiger partial charge in [-0.05, 0) is 36.4 Å². The van der Waals surface area contributed by atoms with Crippen LogP contribution in [-0.2, 0) is 18.9 Å². The minimum Gasteiger partial charge on any atom is -0.459 e. The van der Waals surface area contributed by atoms with Crippen LogP contribution in [0.2, 0.25) is 0 Å². The number of carbonyl (C=O) groups is 3. The van der Waals surface area contributed by atoms with Crippen LogP contribution in [0.5, 0.6) is 0 Å². The van der Waals surface area contributed by atoms with E-state index >= 15 is 0 Å². The Morgan fingerprint density at radius 3 is 1.69 bits per heavy atom. The highest BCUT2D eigenvalue weighted by atomic mass is 79.9. The van der Waals surface area contributed by atoms with Gasteiger partial charge in [0, 0.05) is 6.42 Å². The van der Waals surface area contributed by atoms with Crippen molar-refractivity contribution in [3.05, 3.63) is 108 Å². The summed E-state index contributed by atoms with van der Waals surface area (Å²) >= 11 is 3.41. The standard InChI is InChI=1S/C27H23BrO7/c28-23-16-21(34-26(30)19-12-6-2-7-13-19)24(35-27(31)20-14-8-3-9-15-20)22(33-23)17-32-25(29)18-10-4-1-5-11-18/h1-15,21-24H,16-17H2/t21-,22-,23+,24+/m1/s1. The zero-order chi connectivity index (χ0) is 24.6. The summed E-state index contributed by atoms with van der Waals surface area (Å²) in [6.07, 6.45) is -2.49. The Morgan fingerprint density at radius 2 is 1.17 bits per heavy atom. The van der Waals surface area contributed by atoms with E-state index in [9.17, 15) is 14.4 Å². The Kier molecular flexibility index (Phi) is 8.28. The molecule has 180 valence electrons. The van der Waals surface area contributed by atoms with E-state index in [1.165, 1.54) is 0 Å². The maximum absolute atomic E-state index is 12.9. The van der Waals surface area contributed by atoms with Gasteiger partial charge in [0.1, 0.15) is 23.8 Å². The summed E-state index contributed by atoms with van der Waals surface area (Å²) in [5.74, 6) is -1.71. The summed E-state index contributed by atoms with van der Waals surface area (Å²) in [5.41, 5.74) is 1.08. The lowest BCUT2D eigenvalue weighted by Crippen LogP contribution is -2.52. The van der Waals surface area contributed by atoms with Crippen LogP contribution in [0.15, 0.2) is 91.0 Å². The fourth-order valence-corrected chi connectivity index (χ4v) is 4.29. The Hall–Kier alpha value is -3.49. The van der Waals surface area contributed by atoms with Crippen molar-refractivity contribution in [2.75, 3.05) is 6.61 Å². The first-order valence-corrected chi connectivity index (χ1v) is 12.0. The van der Waals surface area contributed by atoms with Crippen molar-refractivity contribution >= 4 is 33.8 Å². The zero-order valence-electron chi connectivity index (χ0n) is 18.6. The fraction of sp³-hybridized carbons (Fsp3) is 0.222. The number of halogens is 1. The van der Waals surface area contributed by atoms with Gasteiger partial charge in [0.25, 0.3) is 0 Å². The summed E-state index contributed by atoms with van der Waals surface area (Å²) in [5, 5.41) is -0.511. The van der Waals surface area contributed by atoms with Crippen molar-refractivity contribution in [1.29, 1.82) is 0 Å². The van der Waals surface area contributed by atoms with Gasteiger partial charge in [0.15, 0.2) is 6.10 Å². The monoisotopic (exact) mass is 538 g/mol. The third kappa shape index (κ3) is 6.55. The Morgan fingerprint density at radius 1 is 0.714 bits per heavy atom. The number of esters is 3. The van der Waals surface area contributed by atoms with E-state index < -0.39 is 41.2 Å². The molecule has 0 saturated carbocycles. The fourth-order valence-electron chi connectivity index (χ4n) is 3.64.